The van der Waals surface area contributed by atoms with E-state index < -0.39 is 20.0 Å². The van der Waals surface area contributed by atoms with Crippen LogP contribution in [0.2, 0.25) is 0 Å². The van der Waals surface area contributed by atoms with Gasteiger partial charge in [-0.3, -0.25) is 9.44 Å². The van der Waals surface area contributed by atoms with Crippen molar-refractivity contribution in [1.82, 2.24) is 0 Å². The maximum atomic E-state index is 13.0. The van der Waals surface area contributed by atoms with Crippen LogP contribution in [0.4, 0.5) is 11.4 Å². The highest BCUT2D eigenvalue weighted by molar-refractivity contribution is 7.93. The summed E-state index contributed by atoms with van der Waals surface area (Å²) in [4.78, 5) is 0.0492. The number of rotatable bonds is 7. The van der Waals surface area contributed by atoms with E-state index in [0.29, 0.717) is 34.7 Å². The van der Waals surface area contributed by atoms with E-state index in [1.165, 1.54) is 0 Å². The van der Waals surface area contributed by atoms with Gasteiger partial charge in [0.05, 0.1) is 23.4 Å². The second-order valence-electron chi connectivity index (χ2n) is 6.28. The Balaban J connectivity index is 2.47. The van der Waals surface area contributed by atoms with Crippen LogP contribution in [0.1, 0.15) is 23.6 Å². The minimum Gasteiger partial charge on any atom is -0.494 e. The normalized spacial score (nSPS) is 11.9. The number of ether oxygens (including phenoxy) is 1. The highest BCUT2D eigenvalue weighted by atomic mass is 32.2. The molecule has 2 rings (SSSR count). The smallest absolute Gasteiger partial charge is 0.262 e. The van der Waals surface area contributed by atoms with Crippen molar-refractivity contribution in [3.05, 3.63) is 47.0 Å². The van der Waals surface area contributed by atoms with Crippen molar-refractivity contribution in [2.45, 2.75) is 32.6 Å². The molecule has 2 N–H and O–H groups in total. The molecule has 0 unspecified atom stereocenters. The minimum absolute atomic E-state index is 0.0492. The molecule has 2 aromatic rings. The summed E-state index contributed by atoms with van der Waals surface area (Å²) < 4.78 is 59.5. The van der Waals surface area contributed by atoms with Crippen molar-refractivity contribution in [3.63, 3.8) is 0 Å². The first-order chi connectivity index (χ1) is 12.4. The van der Waals surface area contributed by atoms with Crippen molar-refractivity contribution in [2.75, 3.05) is 22.3 Å². The molecule has 0 heterocycles. The third-order valence-corrected chi connectivity index (χ3v) is 6.12. The molecule has 0 saturated carbocycles. The van der Waals surface area contributed by atoms with Crippen molar-refractivity contribution in [2.24, 2.45) is 0 Å². The van der Waals surface area contributed by atoms with Gasteiger partial charge in [-0.25, -0.2) is 16.8 Å². The molecule has 0 atom stereocenters. The van der Waals surface area contributed by atoms with Gasteiger partial charge in [0.2, 0.25) is 10.0 Å². The number of sulfonamides is 2. The number of benzene rings is 2. The Morgan fingerprint density at radius 1 is 0.926 bits per heavy atom. The summed E-state index contributed by atoms with van der Waals surface area (Å²) >= 11 is 0. The Labute approximate surface area is 160 Å². The number of hydrogen-bond acceptors (Lipinski definition) is 5. The first-order valence-electron chi connectivity index (χ1n) is 8.29. The Hall–Kier alpha value is -2.26. The van der Waals surface area contributed by atoms with Crippen LogP contribution >= 0.6 is 0 Å². The SMILES string of the molecule is CCOc1ccc(NS(=O)(=O)c2c(C)cc(C)c(NS(C)(=O)=O)c2C)cc1. The summed E-state index contributed by atoms with van der Waals surface area (Å²) in [5, 5.41) is 0. The lowest BCUT2D eigenvalue weighted by atomic mass is 10.1. The van der Waals surface area contributed by atoms with Crippen LogP contribution in [0.15, 0.2) is 35.2 Å². The highest BCUT2D eigenvalue weighted by Crippen LogP contribution is 2.32. The van der Waals surface area contributed by atoms with Crippen molar-refractivity contribution in [1.29, 1.82) is 0 Å². The molecular formula is C18H24N2O5S2. The summed E-state index contributed by atoms with van der Waals surface area (Å²) in [7, 11) is -7.47. The summed E-state index contributed by atoms with van der Waals surface area (Å²) in [6.45, 7) is 7.37. The van der Waals surface area contributed by atoms with E-state index in [2.05, 4.69) is 9.44 Å². The summed E-state index contributed by atoms with van der Waals surface area (Å²) in [6, 6.07) is 8.21. The van der Waals surface area contributed by atoms with Crippen LogP contribution in [0.3, 0.4) is 0 Å². The number of nitrogens with one attached hydrogen (secondary N) is 2. The van der Waals surface area contributed by atoms with E-state index in [-0.39, 0.29) is 10.6 Å². The van der Waals surface area contributed by atoms with Gasteiger partial charge in [0, 0.05) is 5.69 Å². The third kappa shape index (κ3) is 5.14. The molecular weight excluding hydrogens is 388 g/mol. The van der Waals surface area contributed by atoms with Gasteiger partial charge in [0.1, 0.15) is 5.75 Å². The van der Waals surface area contributed by atoms with Crippen molar-refractivity contribution >= 4 is 31.4 Å². The predicted molar refractivity (Wildman–Crippen MR) is 108 cm³/mol. The zero-order valence-electron chi connectivity index (χ0n) is 16.0. The zero-order valence-corrected chi connectivity index (χ0v) is 17.6. The molecule has 0 aliphatic rings. The molecule has 0 saturated heterocycles. The predicted octanol–water partition coefficient (Wildman–Crippen LogP) is 3.18. The summed E-state index contributed by atoms with van der Waals surface area (Å²) in [5.41, 5.74) is 2.18. The largest absolute Gasteiger partial charge is 0.494 e. The van der Waals surface area contributed by atoms with Gasteiger partial charge in [-0.15, -0.1) is 0 Å². The molecule has 9 heteroatoms. The lowest BCUT2D eigenvalue weighted by Crippen LogP contribution is -2.19. The molecule has 0 fully saturated rings. The first-order valence-corrected chi connectivity index (χ1v) is 11.7. The maximum absolute atomic E-state index is 13.0. The molecule has 2 aromatic carbocycles. The molecule has 27 heavy (non-hydrogen) atoms. The van der Waals surface area contributed by atoms with Crippen LogP contribution in [0, 0.1) is 20.8 Å². The minimum atomic E-state index is -3.92. The van der Waals surface area contributed by atoms with Crippen LogP contribution in [-0.4, -0.2) is 29.7 Å². The van der Waals surface area contributed by atoms with Gasteiger partial charge < -0.3 is 4.74 Å². The van der Waals surface area contributed by atoms with Crippen molar-refractivity contribution < 1.29 is 21.6 Å². The van der Waals surface area contributed by atoms with E-state index >= 15 is 0 Å². The lowest BCUT2D eigenvalue weighted by molar-refractivity contribution is 0.340. The Bertz CT molecular complexity index is 1040. The van der Waals surface area contributed by atoms with Crippen molar-refractivity contribution in [3.8, 4) is 5.75 Å². The molecule has 0 spiro atoms. The molecule has 148 valence electrons. The van der Waals surface area contributed by atoms with Crippen LogP contribution in [0.5, 0.6) is 5.75 Å². The standard InChI is InChI=1S/C18H24N2O5S2/c1-6-25-16-9-7-15(8-10-16)19-27(23,24)18-13(3)11-12(2)17(14(18)4)20-26(5,21)22/h7-11,19-20H,6H2,1-5H3. The topological polar surface area (TPSA) is 102 Å². The quantitative estimate of drug-likeness (QED) is 0.727. The molecule has 7 nitrogen and oxygen atoms in total. The van der Waals surface area contributed by atoms with Gasteiger partial charge >= 0.3 is 0 Å². The van der Waals surface area contributed by atoms with Gasteiger partial charge in [0.15, 0.2) is 0 Å². The number of anilines is 2. The highest BCUT2D eigenvalue weighted by Gasteiger charge is 2.24. The molecule has 0 aromatic heterocycles. The third-order valence-electron chi connectivity index (χ3n) is 3.87. The second-order valence-corrected chi connectivity index (χ2v) is 9.64. The average molecular weight is 413 g/mol. The van der Waals surface area contributed by atoms with Gasteiger partial charge in [0.25, 0.3) is 10.0 Å². The molecule has 0 radical (unpaired) electrons. The molecule has 0 amide bonds. The monoisotopic (exact) mass is 412 g/mol. The summed E-state index contributed by atoms with van der Waals surface area (Å²) in [6.07, 6.45) is 1.03. The first kappa shape index (κ1) is 21.0. The van der Waals surface area contributed by atoms with Gasteiger partial charge in [-0.05, 0) is 68.7 Å². The Morgan fingerprint density at radius 2 is 1.52 bits per heavy atom. The van der Waals surface area contributed by atoms with Crippen LogP contribution in [-0.2, 0) is 20.0 Å². The van der Waals surface area contributed by atoms with Gasteiger partial charge in [-0.2, -0.15) is 0 Å². The van der Waals surface area contributed by atoms with Crippen LogP contribution < -0.4 is 14.2 Å². The average Bonchev–Trinajstić information content (AvgIpc) is 2.52. The molecule has 0 bridgehead atoms. The number of aryl methyl sites for hydroxylation is 2. The lowest BCUT2D eigenvalue weighted by Gasteiger charge is -2.19. The Morgan fingerprint density at radius 3 is 2.04 bits per heavy atom. The van der Waals surface area contributed by atoms with E-state index in [9.17, 15) is 16.8 Å². The fraction of sp³-hybridized carbons (Fsp3) is 0.333. The van der Waals surface area contributed by atoms with Crippen LogP contribution in [0.25, 0.3) is 0 Å². The van der Waals surface area contributed by atoms with Gasteiger partial charge in [-0.1, -0.05) is 6.07 Å². The summed E-state index contributed by atoms with van der Waals surface area (Å²) in [5.74, 6) is 0.641. The fourth-order valence-corrected chi connectivity index (χ4v) is 5.14. The van der Waals surface area contributed by atoms with E-state index in [1.54, 1.807) is 51.1 Å². The zero-order chi connectivity index (χ0) is 20.4. The van der Waals surface area contributed by atoms with E-state index in [4.69, 9.17) is 4.74 Å². The molecule has 0 aliphatic carbocycles. The number of hydrogen-bond donors (Lipinski definition) is 2. The maximum Gasteiger partial charge on any atom is 0.262 e. The second kappa shape index (κ2) is 7.77. The van der Waals surface area contributed by atoms with E-state index in [0.717, 1.165) is 6.26 Å². The molecule has 0 aliphatic heterocycles. The fourth-order valence-electron chi connectivity index (χ4n) is 2.92. The van der Waals surface area contributed by atoms with E-state index in [1.807, 2.05) is 6.92 Å². The Kier molecular flexibility index (Phi) is 6.06.